The molecular weight excluding hydrogens is 102 g/mol. The van der Waals surface area contributed by atoms with Gasteiger partial charge in [-0.2, -0.15) is 0 Å². The minimum Gasteiger partial charge on any atom is -0.0626 e. The van der Waals surface area contributed by atoms with E-state index in [1.807, 2.05) is 0 Å². The van der Waals surface area contributed by atoms with Crippen LogP contribution in [0, 0.1) is 7.43 Å². The van der Waals surface area contributed by atoms with Crippen LogP contribution >= 0.6 is 0 Å². The quantitative estimate of drug-likeness (QED) is 0.291. The Hall–Kier alpha value is 0.165. The van der Waals surface area contributed by atoms with Gasteiger partial charge in [0, 0.05) is 0 Å². The van der Waals surface area contributed by atoms with Crippen molar-refractivity contribution in [2.45, 2.75) is 0 Å². The molecule has 8 heteroatoms. The average molecular weight is 130 g/mol. The van der Waals surface area contributed by atoms with E-state index >= 15 is 0 Å². The average Bonchev–Trinajstić information content (AvgIpc) is 0. The van der Waals surface area contributed by atoms with E-state index in [4.69, 9.17) is 0 Å². The standard InChI is InChI=1S/C.7BH4.N/h;7*1H4;/q+4;7*-1;+3. The third kappa shape index (κ3) is 11500. The Morgan fingerprint density at radius 1 is 0.333 bits per heavy atom. The van der Waals surface area contributed by atoms with Crippen molar-refractivity contribution < 1.29 is 0 Å². The van der Waals surface area contributed by atoms with Crippen LogP contribution in [-0.2, 0) is 0 Å². The molecule has 0 saturated carbocycles. The molecule has 0 aromatic carbocycles. The fraction of sp³-hybridized carbons (Fsp3) is 0. The second-order valence-electron chi connectivity index (χ2n) is 0. The van der Waals surface area contributed by atoms with Gasteiger partial charge in [-0.25, -0.2) is 0 Å². The van der Waals surface area contributed by atoms with E-state index in [1.165, 1.54) is 0 Å². The minimum absolute atomic E-state index is 0. The predicted molar refractivity (Wildman–Crippen MR) is 84.7 cm³/mol. The summed E-state index contributed by atoms with van der Waals surface area (Å²) in [4.78, 5) is 0. The van der Waals surface area contributed by atoms with Crippen LogP contribution < -0.4 is 6.15 Å². The van der Waals surface area contributed by atoms with Crippen LogP contribution in [0.3, 0.4) is 0 Å². The van der Waals surface area contributed by atoms with Crippen molar-refractivity contribution in [2.75, 3.05) is 0 Å². The van der Waals surface area contributed by atoms with E-state index in [0.29, 0.717) is 0 Å². The van der Waals surface area contributed by atoms with Gasteiger partial charge in [-0.3, -0.25) is 0 Å². The van der Waals surface area contributed by atoms with Crippen molar-refractivity contribution >= 4 is 58.9 Å². The van der Waals surface area contributed by atoms with Gasteiger partial charge >= 0.3 is 13.6 Å². The maximum atomic E-state index is 0. The van der Waals surface area contributed by atoms with Crippen molar-refractivity contribution in [3.05, 3.63) is 7.43 Å². The molecule has 0 aliphatic heterocycles. The molecule has 0 bridgehead atoms. The minimum atomic E-state index is 0. The second-order valence-corrected chi connectivity index (χ2v) is 0. The zero-order valence-electron chi connectivity index (χ0n) is 0.947. The SMILES string of the molecule is [BH4-].[BH4-].[BH4-].[BH4-].[BH4-].[BH4-].[BH4-].[C+4].[N+3]. The molecule has 1 nitrogen and oxygen atoms in total. The van der Waals surface area contributed by atoms with E-state index in [-0.39, 0.29) is 72.5 Å². The third-order valence-electron chi connectivity index (χ3n) is 0. The Labute approximate surface area is 73.1 Å². The summed E-state index contributed by atoms with van der Waals surface area (Å²) in [5, 5.41) is 0. The summed E-state index contributed by atoms with van der Waals surface area (Å²) >= 11 is 0. The van der Waals surface area contributed by atoms with Crippen molar-refractivity contribution in [3.63, 3.8) is 0 Å². The van der Waals surface area contributed by atoms with Crippen LogP contribution in [-0.4, -0.2) is 58.9 Å². The normalized spacial score (nSPS) is 0. The van der Waals surface area contributed by atoms with E-state index in [2.05, 4.69) is 0 Å². The van der Waals surface area contributed by atoms with Gasteiger partial charge in [0.15, 0.2) is 0 Å². The van der Waals surface area contributed by atoms with Gasteiger partial charge in [0.1, 0.15) is 0 Å². The summed E-state index contributed by atoms with van der Waals surface area (Å²) in [5.41, 5.74) is 0. The topological polar surface area (TPSA) is 30.5 Å². The van der Waals surface area contributed by atoms with Crippen molar-refractivity contribution in [2.24, 2.45) is 0 Å². The van der Waals surface area contributed by atoms with Gasteiger partial charge in [0.05, 0.1) is 0 Å². The molecule has 0 fully saturated rings. The summed E-state index contributed by atoms with van der Waals surface area (Å²) < 4.78 is 0. The summed E-state index contributed by atoms with van der Waals surface area (Å²) in [5.74, 6) is 0. The smallest absolute Gasteiger partial charge is 0.0626 e. The summed E-state index contributed by atoms with van der Waals surface area (Å²) in [7, 11) is 0. The van der Waals surface area contributed by atoms with Crippen molar-refractivity contribution in [1.29, 1.82) is 0 Å². The summed E-state index contributed by atoms with van der Waals surface area (Å²) in [6.45, 7) is 0. The number of rotatable bonds is 0. The van der Waals surface area contributed by atoms with Gasteiger partial charge in [-0.1, -0.05) is 58.9 Å². The van der Waals surface area contributed by atoms with Crippen LogP contribution in [0.25, 0.3) is 0 Å². The zero-order valence-corrected chi connectivity index (χ0v) is 0.947. The van der Waals surface area contributed by atoms with Gasteiger partial charge < -0.3 is 0 Å². The molecule has 9 heavy (non-hydrogen) atoms. The molecule has 0 N–H and O–H groups in total. The Morgan fingerprint density at radius 2 is 0.333 bits per heavy atom. The maximum absolute atomic E-state index is 0. The first-order valence-corrected chi connectivity index (χ1v) is 0. The molecule has 0 unspecified atom stereocenters. The third-order valence-corrected chi connectivity index (χ3v) is 0. The van der Waals surface area contributed by atoms with E-state index in [0.717, 1.165) is 0 Å². The number of nitrogens with zero attached hydrogens (tertiary/aromatic N) is 1. The first kappa shape index (κ1) is 22600. The Morgan fingerprint density at radius 3 is 0.333 bits per heavy atom. The second kappa shape index (κ2) is 15500. The summed E-state index contributed by atoms with van der Waals surface area (Å²) in [6.07, 6.45) is 0. The molecular formula is CH28B7N. The van der Waals surface area contributed by atoms with Gasteiger partial charge in [-0.05, 0) is 0 Å². The molecule has 0 spiro atoms. The number of hydrogen-bond donors (Lipinski definition) is 0. The van der Waals surface area contributed by atoms with Crippen LogP contribution in [0.5, 0.6) is 0 Å². The molecule has 0 aromatic heterocycles. The molecule has 0 saturated heterocycles. The first-order valence-electron chi connectivity index (χ1n) is 0. The van der Waals surface area contributed by atoms with Crippen molar-refractivity contribution in [3.8, 4) is 0 Å². The molecule has 0 atom stereocenters. The molecule has 0 aromatic rings. The predicted octanol–water partition coefficient (Wildman–Crippen LogP) is -10.6. The Bertz CT molecular complexity index is 8.88. The van der Waals surface area contributed by atoms with Crippen LogP contribution in [0.4, 0.5) is 0 Å². The van der Waals surface area contributed by atoms with Crippen LogP contribution in [0.1, 0.15) is 0 Å². The monoisotopic (exact) mass is 131 g/mol. The van der Waals surface area contributed by atoms with E-state index in [1.54, 1.807) is 0 Å². The van der Waals surface area contributed by atoms with Gasteiger partial charge in [0.25, 0.3) is 0 Å². The Balaban J connectivity index is 0. The molecule has 0 rings (SSSR count). The van der Waals surface area contributed by atoms with E-state index in [9.17, 15) is 0 Å². The summed E-state index contributed by atoms with van der Waals surface area (Å²) in [6, 6.07) is 0. The van der Waals surface area contributed by atoms with Gasteiger partial charge in [0.2, 0.25) is 0 Å². The molecule has 0 aliphatic carbocycles. The molecule has 0 heterocycles. The largest absolute Gasteiger partial charge is 4.00 e. The van der Waals surface area contributed by atoms with Crippen LogP contribution in [0.2, 0.25) is 0 Å². The fourth-order valence-electron chi connectivity index (χ4n) is 0. The van der Waals surface area contributed by atoms with Crippen molar-refractivity contribution in [1.82, 2.24) is 6.15 Å². The molecule has 2 radical (unpaired) electrons. The van der Waals surface area contributed by atoms with Crippen LogP contribution in [0.15, 0.2) is 0 Å². The molecule has 0 aliphatic rings. The van der Waals surface area contributed by atoms with Gasteiger partial charge in [-0.15, -0.1) is 0 Å². The molecule has 58 valence electrons. The molecule has 0 amide bonds. The Kier molecular flexibility index (Phi) is 38800000. The first-order chi connectivity index (χ1) is 0. The zero-order chi connectivity index (χ0) is 0. The fourth-order valence-corrected chi connectivity index (χ4v) is 0. The number of hydrogen-bond acceptors (Lipinski definition) is 0. The van der Waals surface area contributed by atoms with E-state index < -0.39 is 0 Å². The maximum Gasteiger partial charge on any atom is 4.00 e.